The van der Waals surface area contributed by atoms with Gasteiger partial charge in [-0.05, 0) is 0 Å². The maximum Gasteiger partial charge on any atom is 2.00 e. The van der Waals surface area contributed by atoms with Gasteiger partial charge in [-0.3, -0.25) is 4.79 Å². The van der Waals surface area contributed by atoms with Crippen molar-refractivity contribution in [3.05, 3.63) is 0 Å². The van der Waals surface area contributed by atoms with Crippen molar-refractivity contribution in [2.75, 3.05) is 27.7 Å². The molecule has 0 aliphatic heterocycles. The maximum absolute atomic E-state index is 10.7. The molecule has 0 saturated heterocycles. The molecule has 0 aromatic heterocycles. The smallest absolute Gasteiger partial charge is 0.550 e. The average molecular weight is 654 g/mol. The topological polar surface area (TPSA) is 348 Å². The Morgan fingerprint density at radius 2 is 0.860 bits per heavy atom. The van der Waals surface area contributed by atoms with Crippen LogP contribution in [0, 0.1) is 0 Å². The van der Waals surface area contributed by atoms with Crippen molar-refractivity contribution < 1.29 is 93.5 Å². The van der Waals surface area contributed by atoms with E-state index >= 15 is 0 Å². The fourth-order valence-corrected chi connectivity index (χ4v) is 2.54. The molecule has 0 amide bonds. The number of quaternary nitrogens is 1. The second kappa shape index (κ2) is 24.3. The van der Waals surface area contributed by atoms with E-state index in [4.69, 9.17) is 14.9 Å². The van der Waals surface area contributed by atoms with Crippen LogP contribution in [-0.4, -0.2) is 177 Å². The number of nitrogens with zero attached hydrogens (tertiary/aromatic N) is 1. The van der Waals surface area contributed by atoms with Crippen LogP contribution in [-0.2, 0) is 43.1 Å². The third-order valence-corrected chi connectivity index (χ3v) is 3.99. The van der Waals surface area contributed by atoms with Crippen molar-refractivity contribution in [3.63, 3.8) is 0 Å². The van der Waals surface area contributed by atoms with Crippen LogP contribution in [0.2, 0.25) is 0 Å². The molecule has 43 heavy (non-hydrogen) atoms. The van der Waals surface area contributed by atoms with Crippen molar-refractivity contribution in [2.24, 2.45) is 0 Å². The van der Waals surface area contributed by atoms with Crippen LogP contribution in [0.1, 0.15) is 39.0 Å². The van der Waals surface area contributed by atoms with Crippen LogP contribution in [0.25, 0.3) is 0 Å². The quantitative estimate of drug-likeness (QED) is 0.0940. The Labute approximate surface area is 292 Å². The van der Waals surface area contributed by atoms with Crippen molar-refractivity contribution in [1.82, 2.24) is 0 Å². The van der Waals surface area contributed by atoms with Crippen LogP contribution < -0.4 is 35.7 Å². The number of likely N-dealkylation sites (N-methyl/N-ethyl adjacent to an activating group) is 1. The molecule has 0 fully saturated rings. The van der Waals surface area contributed by atoms with Gasteiger partial charge in [0.1, 0.15) is 17.7 Å². The Morgan fingerprint density at radius 1 is 0.605 bits per heavy atom. The molecule has 22 heteroatoms. The minimum absolute atomic E-state index is 0. The Balaban J connectivity index is -0.000000115. The van der Waals surface area contributed by atoms with Gasteiger partial charge in [0.25, 0.3) is 0 Å². The fraction of sp³-hybridized carbons (Fsp3) is 0.619. The van der Waals surface area contributed by atoms with Crippen LogP contribution in [0.3, 0.4) is 0 Å². The van der Waals surface area contributed by atoms with E-state index in [2.05, 4.69) is 0 Å². The van der Waals surface area contributed by atoms with E-state index < -0.39 is 90.7 Å². The van der Waals surface area contributed by atoms with Crippen molar-refractivity contribution >= 4 is 117 Å². The molecule has 230 valence electrons. The summed E-state index contributed by atoms with van der Waals surface area (Å²) in [6.45, 7) is 1.71. The molecule has 0 aliphatic rings. The molecular formula is C21H27Mg3NO18. The first kappa shape index (κ1) is 53.5. The third-order valence-electron chi connectivity index (χ3n) is 3.99. The molecule has 0 radical (unpaired) electrons. The first-order valence-corrected chi connectivity index (χ1v) is 10.6. The number of hydrogen-bond acceptors (Lipinski definition) is 18. The van der Waals surface area contributed by atoms with Gasteiger partial charge in [0.2, 0.25) is 0 Å². The summed E-state index contributed by atoms with van der Waals surface area (Å²) in [7, 11) is 5.68. The number of aliphatic carboxylic acids is 7. The first-order chi connectivity index (χ1) is 17.8. The van der Waals surface area contributed by atoms with Gasteiger partial charge in [0.05, 0.1) is 33.1 Å². The van der Waals surface area contributed by atoms with Gasteiger partial charge < -0.3 is 88.7 Å². The van der Waals surface area contributed by atoms with E-state index in [1.165, 1.54) is 6.92 Å². The number of ether oxygens (including phenoxy) is 1. The Bertz CT molecular complexity index is 865. The molecule has 0 aliphatic carbocycles. The molecule has 2 N–H and O–H groups in total. The number of carboxylic acids is 7. The SMILES string of the molecule is CC(=O)O[C@H](CC(=O)[O-])C[N+](C)(C)C.O=C([O-])CC(O)(CC(=O)[O-])C(=O)[O-].O=C([O-])CC(O)(CC(=O)[O-])C(=O)[O-].[Mg+2].[Mg+2].[Mg+2]. The van der Waals surface area contributed by atoms with E-state index in [1.54, 1.807) is 0 Å². The maximum atomic E-state index is 10.7. The number of esters is 1. The zero-order valence-electron chi connectivity index (χ0n) is 23.8. The molecule has 0 unspecified atom stereocenters. The van der Waals surface area contributed by atoms with E-state index in [0.717, 1.165) is 0 Å². The van der Waals surface area contributed by atoms with Crippen LogP contribution >= 0.6 is 0 Å². The Hall–Kier alpha value is -2.06. The number of carbonyl (C=O) groups excluding carboxylic acids is 8. The minimum atomic E-state index is -2.97. The van der Waals surface area contributed by atoms with Gasteiger partial charge in [0.15, 0.2) is 6.10 Å². The molecule has 0 aromatic carbocycles. The second-order valence-electron chi connectivity index (χ2n) is 9.11. The summed E-state index contributed by atoms with van der Waals surface area (Å²) in [6.07, 6.45) is -6.30. The van der Waals surface area contributed by atoms with Gasteiger partial charge >= 0.3 is 75.1 Å². The summed E-state index contributed by atoms with van der Waals surface area (Å²) in [5.41, 5.74) is -5.95. The number of hydrogen-bond donors (Lipinski definition) is 2. The Morgan fingerprint density at radius 3 is 1.00 bits per heavy atom. The van der Waals surface area contributed by atoms with Crippen LogP contribution in [0.15, 0.2) is 0 Å². The number of aliphatic hydroxyl groups is 2. The first-order valence-electron chi connectivity index (χ1n) is 10.6. The summed E-state index contributed by atoms with van der Waals surface area (Å²) < 4.78 is 5.39. The van der Waals surface area contributed by atoms with Crippen LogP contribution in [0.5, 0.6) is 0 Å². The molecule has 0 saturated carbocycles. The van der Waals surface area contributed by atoms with E-state index in [0.29, 0.717) is 11.0 Å². The molecule has 0 bridgehead atoms. The van der Waals surface area contributed by atoms with E-state index in [9.17, 15) is 74.1 Å². The molecule has 0 heterocycles. The van der Waals surface area contributed by atoms with E-state index in [1.807, 2.05) is 21.1 Å². The molecule has 1 atom stereocenters. The van der Waals surface area contributed by atoms with Gasteiger partial charge in [-0.25, -0.2) is 0 Å². The van der Waals surface area contributed by atoms with Gasteiger partial charge in [-0.15, -0.1) is 0 Å². The zero-order chi connectivity index (χ0) is 32.6. The van der Waals surface area contributed by atoms with Crippen molar-refractivity contribution in [3.8, 4) is 0 Å². The van der Waals surface area contributed by atoms with Gasteiger partial charge in [0, 0.05) is 68.9 Å². The molecule has 0 aromatic rings. The summed E-state index contributed by atoms with van der Waals surface area (Å²) in [4.78, 5) is 81.0. The Kier molecular flexibility index (Phi) is 30.2. The van der Waals surface area contributed by atoms with E-state index in [-0.39, 0.29) is 75.6 Å². The average Bonchev–Trinajstić information content (AvgIpc) is 2.63. The number of carboxylic acid groups (broad SMARTS) is 7. The fourth-order valence-electron chi connectivity index (χ4n) is 2.54. The van der Waals surface area contributed by atoms with Gasteiger partial charge in [-0.1, -0.05) is 0 Å². The number of rotatable bonds is 15. The van der Waals surface area contributed by atoms with Crippen molar-refractivity contribution in [2.45, 2.75) is 56.3 Å². The van der Waals surface area contributed by atoms with Crippen LogP contribution in [0.4, 0.5) is 0 Å². The molecule has 0 spiro atoms. The summed E-state index contributed by atoms with van der Waals surface area (Å²) >= 11 is 0. The summed E-state index contributed by atoms with van der Waals surface area (Å²) in [6, 6.07) is 0. The summed E-state index contributed by atoms with van der Waals surface area (Å²) in [5.74, 6) is -13.6. The summed E-state index contributed by atoms with van der Waals surface area (Å²) in [5, 5.41) is 88.2. The predicted octanol–water partition coefficient (Wildman–Crippen LogP) is -12.9. The zero-order valence-corrected chi connectivity index (χ0v) is 28.1. The minimum Gasteiger partial charge on any atom is -0.550 e. The second-order valence-corrected chi connectivity index (χ2v) is 9.11. The number of carbonyl (C=O) groups is 8. The standard InChI is InChI=1S/C9H17NO4.2C6H8O7.3Mg/c1-7(11)14-8(5-9(12)13)6-10(2,3)4;2*7-3(8)1-6(13,5(11)12)2-4(9)10;;;/h8H,5-6H2,1-4H3;2*13H,1-2H2,(H,7,8)(H,9,10)(H,11,12);;;/q;;;3*+2/p-6/t8-;;;;;/m1...../s1. The molecule has 0 rings (SSSR count). The third kappa shape index (κ3) is 31.2. The molecule has 19 nitrogen and oxygen atoms in total. The van der Waals surface area contributed by atoms with Crippen molar-refractivity contribution in [1.29, 1.82) is 0 Å². The van der Waals surface area contributed by atoms with Gasteiger partial charge in [-0.2, -0.15) is 0 Å². The monoisotopic (exact) mass is 653 g/mol. The largest absolute Gasteiger partial charge is 2.00 e. The molecular weight excluding hydrogens is 627 g/mol. The predicted molar refractivity (Wildman–Crippen MR) is 124 cm³/mol. The normalized spacial score (nSPS) is 10.9.